The van der Waals surface area contributed by atoms with E-state index in [1.807, 2.05) is 24.3 Å². The third-order valence-electron chi connectivity index (χ3n) is 3.63. The number of esters is 1. The van der Waals surface area contributed by atoms with Gasteiger partial charge in [0.2, 0.25) is 5.88 Å². The van der Waals surface area contributed by atoms with Crippen LogP contribution in [-0.2, 0) is 9.53 Å². The molecule has 6 nitrogen and oxygen atoms in total. The molecule has 0 aliphatic carbocycles. The fourth-order valence-electron chi connectivity index (χ4n) is 2.51. The zero-order chi connectivity index (χ0) is 17.6. The van der Waals surface area contributed by atoms with Crippen LogP contribution in [0.4, 0.5) is 5.69 Å². The predicted molar refractivity (Wildman–Crippen MR) is 95.2 cm³/mol. The Labute approximate surface area is 150 Å². The molecule has 0 atom stereocenters. The van der Waals surface area contributed by atoms with Gasteiger partial charge in [-0.1, -0.05) is 12.1 Å². The molecule has 2 heterocycles. The maximum atomic E-state index is 12.5. The summed E-state index contributed by atoms with van der Waals surface area (Å²) in [5, 5.41) is 0. The Morgan fingerprint density at radius 3 is 2.92 bits per heavy atom. The number of hydrogen-bond donors (Lipinski definition) is 0. The molecule has 0 unspecified atom stereocenters. The molecular weight excluding hydrogens is 340 g/mol. The van der Waals surface area contributed by atoms with Crippen molar-refractivity contribution in [3.63, 3.8) is 0 Å². The van der Waals surface area contributed by atoms with Gasteiger partial charge in [-0.2, -0.15) is 0 Å². The van der Waals surface area contributed by atoms with E-state index in [9.17, 15) is 9.59 Å². The normalized spacial score (nSPS) is 13.1. The smallest absolute Gasteiger partial charge is 0.344 e. The van der Waals surface area contributed by atoms with E-state index in [0.29, 0.717) is 13.2 Å². The average molecular weight is 358 g/mol. The monoisotopic (exact) mass is 358 g/mol. The van der Waals surface area contributed by atoms with Crippen molar-refractivity contribution >= 4 is 29.3 Å². The largest absolute Gasteiger partial charge is 0.477 e. The second-order valence-electron chi connectivity index (χ2n) is 5.23. The fraction of sp³-hybridized carbons (Fsp3) is 0.278. The molecule has 1 aliphatic rings. The molecule has 1 aromatic carbocycles. The Morgan fingerprint density at radius 2 is 2.08 bits per heavy atom. The van der Waals surface area contributed by atoms with Crippen molar-refractivity contribution in [1.82, 2.24) is 4.98 Å². The maximum absolute atomic E-state index is 12.5. The van der Waals surface area contributed by atoms with Crippen LogP contribution < -0.4 is 9.64 Å². The Hall–Kier alpha value is -2.54. The molecule has 0 radical (unpaired) electrons. The van der Waals surface area contributed by atoms with Crippen LogP contribution in [0.5, 0.6) is 5.88 Å². The number of ether oxygens (including phenoxy) is 2. The van der Waals surface area contributed by atoms with Gasteiger partial charge in [-0.3, -0.25) is 4.79 Å². The lowest BCUT2D eigenvalue weighted by atomic mass is 10.2. The number of anilines is 1. The van der Waals surface area contributed by atoms with E-state index in [1.165, 1.54) is 6.20 Å². The first kappa shape index (κ1) is 17.3. The highest BCUT2D eigenvalue weighted by Crippen LogP contribution is 2.34. The Balaban J connectivity index is 1.66. The quantitative estimate of drug-likeness (QED) is 0.766. The highest BCUT2D eigenvalue weighted by molar-refractivity contribution is 7.99. The second-order valence-corrected chi connectivity index (χ2v) is 6.36. The van der Waals surface area contributed by atoms with Crippen molar-refractivity contribution in [1.29, 1.82) is 0 Å². The fourth-order valence-corrected chi connectivity index (χ4v) is 3.50. The van der Waals surface area contributed by atoms with Crippen molar-refractivity contribution in [2.75, 3.05) is 30.4 Å². The first-order chi connectivity index (χ1) is 12.2. The average Bonchev–Trinajstić information content (AvgIpc) is 2.66. The van der Waals surface area contributed by atoms with Crippen LogP contribution >= 0.6 is 11.8 Å². The first-order valence-electron chi connectivity index (χ1n) is 7.98. The minimum atomic E-state index is -0.621. The molecular formula is C18H18N2O4S. The second kappa shape index (κ2) is 8.02. The van der Waals surface area contributed by atoms with Crippen LogP contribution in [-0.4, -0.2) is 42.4 Å². The van der Waals surface area contributed by atoms with E-state index < -0.39 is 5.97 Å². The molecule has 1 aliphatic heterocycles. The van der Waals surface area contributed by atoms with Crippen LogP contribution in [0.2, 0.25) is 0 Å². The molecule has 2 aromatic rings. The van der Waals surface area contributed by atoms with Gasteiger partial charge in [-0.15, -0.1) is 11.8 Å². The number of fused-ring (bicyclic) bond motifs is 1. The molecule has 3 rings (SSSR count). The Kier molecular flexibility index (Phi) is 5.55. The number of thioether (sulfide) groups is 1. The third-order valence-corrected chi connectivity index (χ3v) is 4.67. The predicted octanol–water partition coefficient (Wildman–Crippen LogP) is 2.78. The molecule has 25 heavy (non-hydrogen) atoms. The first-order valence-corrected chi connectivity index (χ1v) is 8.96. The molecule has 0 N–H and O–H groups in total. The summed E-state index contributed by atoms with van der Waals surface area (Å²) in [6.07, 6.45) is 1.54. The number of nitrogens with zero attached hydrogens (tertiary/aromatic N) is 2. The van der Waals surface area contributed by atoms with Gasteiger partial charge in [-0.25, -0.2) is 9.78 Å². The van der Waals surface area contributed by atoms with Crippen molar-refractivity contribution in [2.45, 2.75) is 11.8 Å². The lowest BCUT2D eigenvalue weighted by Crippen LogP contribution is -2.38. The van der Waals surface area contributed by atoms with Crippen molar-refractivity contribution in [3.05, 3.63) is 48.2 Å². The molecule has 7 heteroatoms. The Morgan fingerprint density at radius 1 is 1.24 bits per heavy atom. The van der Waals surface area contributed by atoms with Gasteiger partial charge in [0.25, 0.3) is 5.91 Å². The molecule has 0 fully saturated rings. The molecule has 0 saturated carbocycles. The summed E-state index contributed by atoms with van der Waals surface area (Å²) in [7, 11) is 0. The third kappa shape index (κ3) is 3.93. The van der Waals surface area contributed by atoms with Crippen LogP contribution in [0, 0.1) is 0 Å². The number of pyridine rings is 1. The number of aromatic nitrogens is 1. The number of carbonyl (C=O) groups is 2. The van der Waals surface area contributed by atoms with Crippen LogP contribution in [0.25, 0.3) is 0 Å². The molecule has 130 valence electrons. The molecule has 0 bridgehead atoms. The summed E-state index contributed by atoms with van der Waals surface area (Å²) >= 11 is 1.71. The number of amides is 1. The lowest BCUT2D eigenvalue weighted by Gasteiger charge is -2.28. The summed E-state index contributed by atoms with van der Waals surface area (Å²) < 4.78 is 10.5. The van der Waals surface area contributed by atoms with Crippen LogP contribution in [0.3, 0.4) is 0 Å². The molecule has 1 aromatic heterocycles. The highest BCUT2D eigenvalue weighted by atomic mass is 32.2. The van der Waals surface area contributed by atoms with Gasteiger partial charge >= 0.3 is 5.97 Å². The van der Waals surface area contributed by atoms with E-state index in [4.69, 9.17) is 9.47 Å². The molecule has 1 amide bonds. The van der Waals surface area contributed by atoms with Crippen molar-refractivity contribution < 1.29 is 19.1 Å². The van der Waals surface area contributed by atoms with Crippen LogP contribution in [0.1, 0.15) is 17.3 Å². The van der Waals surface area contributed by atoms with Crippen molar-refractivity contribution in [3.8, 4) is 5.88 Å². The zero-order valence-electron chi connectivity index (χ0n) is 13.8. The number of para-hydroxylation sites is 1. The summed E-state index contributed by atoms with van der Waals surface area (Å²) in [6, 6.07) is 10.9. The Bertz CT molecular complexity index is 781. The minimum absolute atomic E-state index is 0.210. The van der Waals surface area contributed by atoms with Gasteiger partial charge in [-0.05, 0) is 31.2 Å². The number of carbonyl (C=O) groups excluding carboxylic acids is 2. The maximum Gasteiger partial charge on any atom is 0.344 e. The van der Waals surface area contributed by atoms with E-state index in [0.717, 1.165) is 16.3 Å². The van der Waals surface area contributed by atoms with Gasteiger partial charge in [0.1, 0.15) is 5.56 Å². The lowest BCUT2D eigenvalue weighted by molar-refractivity contribution is -0.121. The molecule has 0 spiro atoms. The summed E-state index contributed by atoms with van der Waals surface area (Å²) in [5.74, 6) is 0.156. The SMILES string of the molecule is CCOc1ncccc1C(=O)OCC(=O)N1CCSc2ccccc21. The van der Waals surface area contributed by atoms with Crippen LogP contribution in [0.15, 0.2) is 47.5 Å². The summed E-state index contributed by atoms with van der Waals surface area (Å²) in [4.78, 5) is 31.5. The van der Waals surface area contributed by atoms with E-state index >= 15 is 0 Å². The topological polar surface area (TPSA) is 68.7 Å². The van der Waals surface area contributed by atoms with E-state index in [1.54, 1.807) is 35.7 Å². The number of benzene rings is 1. The number of hydrogen-bond acceptors (Lipinski definition) is 6. The van der Waals surface area contributed by atoms with Gasteiger partial charge in [0.15, 0.2) is 6.61 Å². The highest BCUT2D eigenvalue weighted by Gasteiger charge is 2.24. The zero-order valence-corrected chi connectivity index (χ0v) is 14.6. The van der Waals surface area contributed by atoms with E-state index in [2.05, 4.69) is 4.98 Å². The van der Waals surface area contributed by atoms with Gasteiger partial charge in [0, 0.05) is 23.4 Å². The van der Waals surface area contributed by atoms with Gasteiger partial charge < -0.3 is 14.4 Å². The van der Waals surface area contributed by atoms with Gasteiger partial charge in [0.05, 0.1) is 12.3 Å². The minimum Gasteiger partial charge on any atom is -0.477 e. The van der Waals surface area contributed by atoms with E-state index in [-0.39, 0.29) is 24.0 Å². The standard InChI is InChI=1S/C18H18N2O4S/c1-2-23-17-13(6-5-9-19-17)18(22)24-12-16(21)20-10-11-25-15-8-4-3-7-14(15)20/h3-9H,2,10-12H2,1H3. The summed E-state index contributed by atoms with van der Waals surface area (Å²) in [6.45, 7) is 2.46. The number of rotatable bonds is 5. The molecule has 0 saturated heterocycles. The summed E-state index contributed by atoms with van der Waals surface area (Å²) in [5.41, 5.74) is 1.07. The van der Waals surface area contributed by atoms with Crippen molar-refractivity contribution in [2.24, 2.45) is 0 Å².